The largest absolute Gasteiger partial charge is 0.416 e. The summed E-state index contributed by atoms with van der Waals surface area (Å²) in [7, 11) is 1.73. The number of rotatable bonds is 4. The van der Waals surface area contributed by atoms with E-state index in [1.165, 1.54) is 12.1 Å². The van der Waals surface area contributed by atoms with Gasteiger partial charge in [0.1, 0.15) is 0 Å². The average molecular weight is 380 g/mol. The predicted molar refractivity (Wildman–Crippen MR) is 98.8 cm³/mol. The van der Waals surface area contributed by atoms with Crippen molar-refractivity contribution in [2.75, 3.05) is 44.7 Å². The van der Waals surface area contributed by atoms with Crippen LogP contribution in [0.2, 0.25) is 0 Å². The maximum atomic E-state index is 12.9. The number of benzene rings is 1. The highest BCUT2D eigenvalue weighted by Crippen LogP contribution is 2.31. The van der Waals surface area contributed by atoms with Crippen molar-refractivity contribution in [1.29, 1.82) is 0 Å². The smallest absolute Gasteiger partial charge is 0.368 e. The van der Waals surface area contributed by atoms with Crippen LogP contribution in [0.15, 0.2) is 47.7 Å². The van der Waals surface area contributed by atoms with E-state index in [0.717, 1.165) is 18.6 Å². The zero-order valence-electron chi connectivity index (χ0n) is 15.2. The first kappa shape index (κ1) is 19.1. The number of nitrogens with one attached hydrogen (secondary N) is 1. The molecule has 0 saturated carbocycles. The SMILES string of the molecule is CN=C(NCCn1cccn1)N1CCN(c2cccc(C(F)(F)F)c2)CC1. The molecule has 1 fully saturated rings. The Kier molecular flexibility index (Phi) is 5.88. The van der Waals surface area contributed by atoms with Gasteiger partial charge in [0.2, 0.25) is 0 Å². The van der Waals surface area contributed by atoms with Crippen LogP contribution in [0.5, 0.6) is 0 Å². The molecule has 2 heterocycles. The van der Waals surface area contributed by atoms with Crippen molar-refractivity contribution < 1.29 is 13.2 Å². The van der Waals surface area contributed by atoms with Gasteiger partial charge in [-0.05, 0) is 24.3 Å². The van der Waals surface area contributed by atoms with Crippen molar-refractivity contribution >= 4 is 11.6 Å². The van der Waals surface area contributed by atoms with E-state index in [1.807, 2.05) is 21.8 Å². The second-order valence-corrected chi connectivity index (χ2v) is 6.27. The van der Waals surface area contributed by atoms with Crippen LogP contribution in [0.25, 0.3) is 0 Å². The van der Waals surface area contributed by atoms with Crippen LogP contribution in [0.4, 0.5) is 18.9 Å². The summed E-state index contributed by atoms with van der Waals surface area (Å²) in [6.45, 7) is 4.09. The summed E-state index contributed by atoms with van der Waals surface area (Å²) < 4.78 is 40.6. The number of guanidine groups is 1. The first-order valence-corrected chi connectivity index (χ1v) is 8.82. The van der Waals surface area contributed by atoms with Crippen molar-refractivity contribution in [1.82, 2.24) is 20.0 Å². The lowest BCUT2D eigenvalue weighted by Gasteiger charge is -2.37. The van der Waals surface area contributed by atoms with E-state index < -0.39 is 11.7 Å². The first-order chi connectivity index (χ1) is 13.0. The molecular formula is C18H23F3N6. The van der Waals surface area contributed by atoms with Gasteiger partial charge in [-0.1, -0.05) is 6.07 Å². The number of hydrogen-bond donors (Lipinski definition) is 1. The number of hydrogen-bond acceptors (Lipinski definition) is 3. The van der Waals surface area contributed by atoms with Crippen molar-refractivity contribution in [2.45, 2.75) is 12.7 Å². The molecular weight excluding hydrogens is 357 g/mol. The molecule has 27 heavy (non-hydrogen) atoms. The molecule has 2 aromatic rings. The van der Waals surface area contributed by atoms with Gasteiger partial charge in [0.15, 0.2) is 5.96 Å². The highest BCUT2D eigenvalue weighted by Gasteiger charge is 2.31. The summed E-state index contributed by atoms with van der Waals surface area (Å²) in [6, 6.07) is 7.38. The third-order valence-corrected chi connectivity index (χ3v) is 4.51. The molecule has 0 atom stereocenters. The molecule has 1 aliphatic rings. The van der Waals surface area contributed by atoms with Gasteiger partial charge in [-0.2, -0.15) is 18.3 Å². The molecule has 146 valence electrons. The monoisotopic (exact) mass is 380 g/mol. The Morgan fingerprint density at radius 2 is 1.96 bits per heavy atom. The van der Waals surface area contributed by atoms with Crippen LogP contribution >= 0.6 is 0 Å². The maximum Gasteiger partial charge on any atom is 0.416 e. The van der Waals surface area contributed by atoms with E-state index in [-0.39, 0.29) is 0 Å². The van der Waals surface area contributed by atoms with Gasteiger partial charge in [-0.25, -0.2) is 0 Å². The average Bonchev–Trinajstić information content (AvgIpc) is 3.18. The summed E-state index contributed by atoms with van der Waals surface area (Å²) in [6.07, 6.45) is -0.682. The molecule has 1 N–H and O–H groups in total. The number of alkyl halides is 3. The standard InChI is InChI=1S/C18H23F3N6/c1-22-17(23-7-9-27-8-3-6-24-27)26-12-10-25(11-13-26)16-5-2-4-15(14-16)18(19,20)21/h2-6,8,14H,7,9-13H2,1H3,(H,22,23). The minimum Gasteiger partial charge on any atom is -0.368 e. The van der Waals surface area contributed by atoms with E-state index in [1.54, 1.807) is 19.3 Å². The molecule has 0 bridgehead atoms. The maximum absolute atomic E-state index is 12.9. The van der Waals surface area contributed by atoms with Gasteiger partial charge in [0.25, 0.3) is 0 Å². The number of piperazine rings is 1. The summed E-state index contributed by atoms with van der Waals surface area (Å²) in [5, 5.41) is 7.46. The zero-order valence-corrected chi connectivity index (χ0v) is 15.2. The molecule has 0 unspecified atom stereocenters. The third kappa shape index (κ3) is 4.93. The molecule has 3 rings (SSSR count). The van der Waals surface area contributed by atoms with Crippen molar-refractivity contribution in [2.24, 2.45) is 4.99 Å². The Labute approximate surface area is 156 Å². The van der Waals surface area contributed by atoms with Gasteiger partial charge in [-0.15, -0.1) is 0 Å². The quantitative estimate of drug-likeness (QED) is 0.653. The first-order valence-electron chi connectivity index (χ1n) is 8.82. The highest BCUT2D eigenvalue weighted by molar-refractivity contribution is 5.80. The van der Waals surface area contributed by atoms with Crippen LogP contribution in [0, 0.1) is 0 Å². The van der Waals surface area contributed by atoms with Crippen molar-refractivity contribution in [3.63, 3.8) is 0 Å². The minimum atomic E-state index is -4.32. The number of aromatic nitrogens is 2. The molecule has 9 heteroatoms. The fourth-order valence-electron chi connectivity index (χ4n) is 3.10. The normalized spacial score (nSPS) is 15.9. The molecule has 1 saturated heterocycles. The van der Waals surface area contributed by atoms with E-state index in [9.17, 15) is 13.2 Å². The van der Waals surface area contributed by atoms with Gasteiger partial charge in [-0.3, -0.25) is 9.67 Å². The third-order valence-electron chi connectivity index (χ3n) is 4.51. The summed E-state index contributed by atoms with van der Waals surface area (Å²) in [5.74, 6) is 0.797. The second kappa shape index (κ2) is 8.32. The lowest BCUT2D eigenvalue weighted by molar-refractivity contribution is -0.137. The van der Waals surface area contributed by atoms with Crippen molar-refractivity contribution in [3.8, 4) is 0 Å². The van der Waals surface area contributed by atoms with Crippen LogP contribution < -0.4 is 10.2 Å². The summed E-state index contributed by atoms with van der Waals surface area (Å²) >= 11 is 0. The van der Waals surface area contributed by atoms with Gasteiger partial charge in [0, 0.05) is 57.9 Å². The van der Waals surface area contributed by atoms with E-state index in [2.05, 4.69) is 20.3 Å². The molecule has 1 aromatic carbocycles. The van der Waals surface area contributed by atoms with E-state index in [0.29, 0.717) is 38.4 Å². The lowest BCUT2D eigenvalue weighted by Crippen LogP contribution is -2.53. The van der Waals surface area contributed by atoms with Gasteiger partial charge in [0.05, 0.1) is 12.1 Å². The molecule has 0 radical (unpaired) electrons. The molecule has 0 aliphatic carbocycles. The zero-order chi connectivity index (χ0) is 19.3. The molecule has 1 aromatic heterocycles. The Morgan fingerprint density at radius 1 is 1.19 bits per heavy atom. The van der Waals surface area contributed by atoms with Crippen LogP contribution in [-0.2, 0) is 12.7 Å². The Morgan fingerprint density at radius 3 is 2.59 bits per heavy atom. The number of anilines is 1. The van der Waals surface area contributed by atoms with Crippen molar-refractivity contribution in [3.05, 3.63) is 48.3 Å². The Bertz CT molecular complexity index is 749. The van der Waals surface area contributed by atoms with Gasteiger partial charge < -0.3 is 15.1 Å². The molecule has 1 aliphatic heterocycles. The lowest BCUT2D eigenvalue weighted by atomic mass is 10.1. The van der Waals surface area contributed by atoms with Crippen LogP contribution in [0.3, 0.4) is 0 Å². The predicted octanol–water partition coefficient (Wildman–Crippen LogP) is 2.30. The van der Waals surface area contributed by atoms with Crippen LogP contribution in [-0.4, -0.2) is 60.4 Å². The number of nitrogens with zero attached hydrogens (tertiary/aromatic N) is 5. The van der Waals surface area contributed by atoms with Crippen LogP contribution in [0.1, 0.15) is 5.56 Å². The number of halogens is 3. The summed E-state index contributed by atoms with van der Waals surface area (Å²) in [4.78, 5) is 8.40. The topological polar surface area (TPSA) is 48.7 Å². The summed E-state index contributed by atoms with van der Waals surface area (Å²) in [5.41, 5.74) is -0.00960. The second-order valence-electron chi connectivity index (χ2n) is 6.27. The highest BCUT2D eigenvalue weighted by atomic mass is 19.4. The Balaban J connectivity index is 1.53. The fourth-order valence-corrected chi connectivity index (χ4v) is 3.10. The molecule has 0 amide bonds. The van der Waals surface area contributed by atoms with E-state index >= 15 is 0 Å². The molecule has 6 nitrogen and oxygen atoms in total. The number of aliphatic imine (C=N–C) groups is 1. The molecule has 0 spiro atoms. The minimum absolute atomic E-state index is 0.603. The van der Waals surface area contributed by atoms with Gasteiger partial charge >= 0.3 is 6.18 Å². The Hall–Kier alpha value is -2.71. The van der Waals surface area contributed by atoms with E-state index in [4.69, 9.17) is 0 Å². The fraction of sp³-hybridized carbons (Fsp3) is 0.444.